The van der Waals surface area contributed by atoms with E-state index in [0.717, 1.165) is 0 Å². The van der Waals surface area contributed by atoms with Crippen LogP contribution in [0.4, 0.5) is 9.59 Å². The van der Waals surface area contributed by atoms with Crippen molar-refractivity contribution in [3.05, 3.63) is 28.2 Å². The molecule has 0 saturated carbocycles. The first kappa shape index (κ1) is 17.5. The van der Waals surface area contributed by atoms with Crippen molar-refractivity contribution < 1.29 is 19.1 Å². The van der Waals surface area contributed by atoms with Gasteiger partial charge < -0.3 is 24.6 Å². The Balaban J connectivity index is 1.74. The van der Waals surface area contributed by atoms with Crippen LogP contribution < -0.4 is 10.1 Å². The first-order valence-electron chi connectivity index (χ1n) is 6.95. The Morgan fingerprint density at radius 2 is 1.83 bits per heavy atom. The molecular weight excluding hydrogens is 345 g/mol. The van der Waals surface area contributed by atoms with Crippen molar-refractivity contribution in [2.75, 3.05) is 40.0 Å². The fraction of sp³-hybridized carbons (Fsp3) is 0.429. The lowest BCUT2D eigenvalue weighted by Gasteiger charge is -2.33. The summed E-state index contributed by atoms with van der Waals surface area (Å²) in [5.74, 6) is 0.437. The molecule has 0 aromatic heterocycles. The number of carbonyl (C=O) groups is 2. The summed E-state index contributed by atoms with van der Waals surface area (Å²) in [6.07, 6.45) is -0.384. The second kappa shape index (κ2) is 8.12. The highest BCUT2D eigenvalue weighted by molar-refractivity contribution is 6.35. The summed E-state index contributed by atoms with van der Waals surface area (Å²) >= 11 is 11.8. The van der Waals surface area contributed by atoms with Crippen LogP contribution in [0.5, 0.6) is 5.75 Å². The second-order valence-corrected chi connectivity index (χ2v) is 5.63. The molecule has 126 valence electrons. The third-order valence-corrected chi connectivity index (χ3v) is 3.88. The van der Waals surface area contributed by atoms with Gasteiger partial charge in [0.05, 0.1) is 12.1 Å². The van der Waals surface area contributed by atoms with Crippen LogP contribution in [0.25, 0.3) is 0 Å². The number of hydrogen-bond acceptors (Lipinski definition) is 4. The van der Waals surface area contributed by atoms with E-state index in [1.807, 2.05) is 0 Å². The van der Waals surface area contributed by atoms with Crippen molar-refractivity contribution >= 4 is 35.3 Å². The second-order valence-electron chi connectivity index (χ2n) is 4.79. The standard InChI is InChI=1S/C14H17Cl2N3O4/c1-22-14(21)19-6-4-18(5-7-19)13(20)17-9-23-12-3-2-10(15)8-11(12)16/h2-3,8H,4-7,9H2,1H3,(H,17,20). The monoisotopic (exact) mass is 361 g/mol. The maximum atomic E-state index is 12.0. The van der Waals surface area contributed by atoms with Gasteiger partial charge in [-0.25, -0.2) is 9.59 Å². The normalized spacial score (nSPS) is 14.4. The summed E-state index contributed by atoms with van der Waals surface area (Å²) < 4.78 is 10.0. The van der Waals surface area contributed by atoms with Crippen molar-refractivity contribution in [3.63, 3.8) is 0 Å². The van der Waals surface area contributed by atoms with Gasteiger partial charge in [0, 0.05) is 31.2 Å². The molecule has 0 radical (unpaired) electrons. The number of carbonyl (C=O) groups excluding carboxylic acids is 2. The number of halogens is 2. The van der Waals surface area contributed by atoms with E-state index in [2.05, 4.69) is 10.1 Å². The summed E-state index contributed by atoms with van der Waals surface area (Å²) in [4.78, 5) is 26.5. The summed E-state index contributed by atoms with van der Waals surface area (Å²) in [7, 11) is 1.33. The molecule has 1 aromatic carbocycles. The third-order valence-electron chi connectivity index (χ3n) is 3.34. The maximum Gasteiger partial charge on any atom is 0.409 e. The summed E-state index contributed by atoms with van der Waals surface area (Å²) in [5.41, 5.74) is 0. The zero-order valence-electron chi connectivity index (χ0n) is 12.6. The molecule has 1 heterocycles. The van der Waals surface area contributed by atoms with E-state index in [1.165, 1.54) is 7.11 Å². The van der Waals surface area contributed by atoms with Crippen molar-refractivity contribution in [2.24, 2.45) is 0 Å². The molecule has 1 fully saturated rings. The molecule has 1 saturated heterocycles. The number of amides is 3. The molecule has 9 heteroatoms. The molecule has 0 bridgehead atoms. The SMILES string of the molecule is COC(=O)N1CCN(C(=O)NCOc2ccc(Cl)cc2Cl)CC1. The van der Waals surface area contributed by atoms with E-state index in [9.17, 15) is 9.59 Å². The van der Waals surface area contributed by atoms with Crippen LogP contribution in [-0.2, 0) is 4.74 Å². The van der Waals surface area contributed by atoms with Gasteiger partial charge in [-0.2, -0.15) is 0 Å². The van der Waals surface area contributed by atoms with E-state index < -0.39 is 0 Å². The van der Waals surface area contributed by atoms with Crippen LogP contribution in [-0.4, -0.2) is 61.9 Å². The molecule has 2 rings (SSSR count). The molecule has 3 amide bonds. The molecule has 0 aliphatic carbocycles. The number of piperazine rings is 1. The molecule has 1 N–H and O–H groups in total. The summed E-state index contributed by atoms with van der Waals surface area (Å²) in [6.45, 7) is 1.72. The highest BCUT2D eigenvalue weighted by Gasteiger charge is 2.24. The number of hydrogen-bond donors (Lipinski definition) is 1. The smallest absolute Gasteiger partial charge is 0.409 e. The van der Waals surface area contributed by atoms with Gasteiger partial charge in [-0.3, -0.25) is 0 Å². The molecule has 23 heavy (non-hydrogen) atoms. The Bertz CT molecular complexity index is 577. The Kier molecular flexibility index (Phi) is 6.18. The predicted octanol–water partition coefficient (Wildman–Crippen LogP) is 2.42. The summed E-state index contributed by atoms with van der Waals surface area (Å²) in [5, 5.41) is 3.52. The number of benzene rings is 1. The Hall–Kier alpha value is -1.86. The van der Waals surface area contributed by atoms with Crippen LogP contribution >= 0.6 is 23.2 Å². The van der Waals surface area contributed by atoms with E-state index >= 15 is 0 Å². The lowest BCUT2D eigenvalue weighted by Crippen LogP contribution is -2.53. The van der Waals surface area contributed by atoms with Gasteiger partial charge in [0.1, 0.15) is 5.75 Å². The maximum absolute atomic E-state index is 12.0. The number of nitrogens with zero attached hydrogens (tertiary/aromatic N) is 2. The average Bonchev–Trinajstić information content (AvgIpc) is 2.56. The minimum atomic E-state index is -0.384. The van der Waals surface area contributed by atoms with E-state index in [-0.39, 0.29) is 18.9 Å². The van der Waals surface area contributed by atoms with Crippen molar-refractivity contribution in [3.8, 4) is 5.75 Å². The molecule has 0 unspecified atom stereocenters. The zero-order valence-corrected chi connectivity index (χ0v) is 14.1. The van der Waals surface area contributed by atoms with E-state index in [1.54, 1.807) is 28.0 Å². The lowest BCUT2D eigenvalue weighted by molar-refractivity contribution is 0.0958. The molecule has 1 aliphatic rings. The van der Waals surface area contributed by atoms with E-state index in [0.29, 0.717) is 42.0 Å². The van der Waals surface area contributed by atoms with Gasteiger partial charge in [0.15, 0.2) is 6.73 Å². The van der Waals surface area contributed by atoms with Crippen LogP contribution in [0.1, 0.15) is 0 Å². The van der Waals surface area contributed by atoms with E-state index in [4.69, 9.17) is 27.9 Å². The average molecular weight is 362 g/mol. The van der Waals surface area contributed by atoms with Crippen LogP contribution in [0, 0.1) is 0 Å². The Labute approximate surface area is 144 Å². The minimum Gasteiger partial charge on any atom is -0.472 e. The highest BCUT2D eigenvalue weighted by atomic mass is 35.5. The number of urea groups is 1. The quantitative estimate of drug-likeness (QED) is 0.839. The van der Waals surface area contributed by atoms with Gasteiger partial charge in [-0.1, -0.05) is 23.2 Å². The predicted molar refractivity (Wildman–Crippen MR) is 86.0 cm³/mol. The topological polar surface area (TPSA) is 71.1 Å². The molecule has 0 atom stereocenters. The number of rotatable bonds is 3. The van der Waals surface area contributed by atoms with Crippen LogP contribution in [0.2, 0.25) is 10.0 Å². The fourth-order valence-corrected chi connectivity index (χ4v) is 2.56. The number of nitrogens with one attached hydrogen (secondary N) is 1. The Morgan fingerprint density at radius 1 is 1.17 bits per heavy atom. The first-order valence-corrected chi connectivity index (χ1v) is 7.70. The Morgan fingerprint density at radius 3 is 2.43 bits per heavy atom. The molecule has 1 aliphatic heterocycles. The van der Waals surface area contributed by atoms with Gasteiger partial charge in [0.2, 0.25) is 0 Å². The minimum absolute atomic E-state index is 0.0165. The first-order chi connectivity index (χ1) is 11.0. The lowest BCUT2D eigenvalue weighted by atomic mass is 10.3. The largest absolute Gasteiger partial charge is 0.472 e. The number of ether oxygens (including phenoxy) is 2. The van der Waals surface area contributed by atoms with Crippen LogP contribution in [0.15, 0.2) is 18.2 Å². The fourth-order valence-electron chi connectivity index (χ4n) is 2.10. The van der Waals surface area contributed by atoms with Crippen LogP contribution in [0.3, 0.4) is 0 Å². The summed E-state index contributed by atoms with van der Waals surface area (Å²) in [6, 6.07) is 4.58. The third kappa shape index (κ3) is 4.80. The molecule has 0 spiro atoms. The van der Waals surface area contributed by atoms with Gasteiger partial charge in [0.25, 0.3) is 0 Å². The van der Waals surface area contributed by atoms with Crippen molar-refractivity contribution in [1.82, 2.24) is 15.1 Å². The van der Waals surface area contributed by atoms with Crippen molar-refractivity contribution in [2.45, 2.75) is 0 Å². The van der Waals surface area contributed by atoms with Gasteiger partial charge in [-0.15, -0.1) is 0 Å². The zero-order chi connectivity index (χ0) is 16.8. The molecular formula is C14H17Cl2N3O4. The molecule has 1 aromatic rings. The van der Waals surface area contributed by atoms with Gasteiger partial charge >= 0.3 is 12.1 Å². The van der Waals surface area contributed by atoms with Gasteiger partial charge in [-0.05, 0) is 18.2 Å². The van der Waals surface area contributed by atoms with Crippen molar-refractivity contribution in [1.29, 1.82) is 0 Å². The molecule has 7 nitrogen and oxygen atoms in total. The highest BCUT2D eigenvalue weighted by Crippen LogP contribution is 2.27. The number of methoxy groups -OCH3 is 1.